The molecular formula is C19H24N5O6. The summed E-state index contributed by atoms with van der Waals surface area (Å²) in [5.74, 6) is -3.18. The highest BCUT2D eigenvalue weighted by Crippen LogP contribution is 2.18. The fourth-order valence-electron chi connectivity index (χ4n) is 3.14. The summed E-state index contributed by atoms with van der Waals surface area (Å²) in [5.41, 5.74) is 5.46. The number of benzene rings is 1. The number of primary amides is 1. The molecule has 5 amide bonds. The third kappa shape index (κ3) is 6.27. The molecule has 1 unspecified atom stereocenters. The van der Waals surface area contributed by atoms with Crippen molar-refractivity contribution in [2.24, 2.45) is 5.73 Å². The van der Waals surface area contributed by atoms with Crippen molar-refractivity contribution in [3.63, 3.8) is 0 Å². The molecule has 11 nitrogen and oxygen atoms in total. The number of carbonyl (C=O) groups excluding carboxylic acids is 5. The van der Waals surface area contributed by atoms with Crippen LogP contribution in [0.2, 0.25) is 0 Å². The highest BCUT2D eigenvalue weighted by molar-refractivity contribution is 5.94. The Morgan fingerprint density at radius 1 is 1.07 bits per heavy atom. The zero-order valence-electron chi connectivity index (χ0n) is 16.3. The van der Waals surface area contributed by atoms with Crippen LogP contribution in [-0.2, 0) is 29.1 Å². The molecule has 30 heavy (non-hydrogen) atoms. The van der Waals surface area contributed by atoms with Crippen LogP contribution in [0.15, 0.2) is 30.3 Å². The van der Waals surface area contributed by atoms with E-state index in [1.54, 1.807) is 30.3 Å². The summed E-state index contributed by atoms with van der Waals surface area (Å²) in [5, 5.41) is 17.9. The lowest BCUT2D eigenvalue weighted by Gasteiger charge is -2.24. The summed E-state index contributed by atoms with van der Waals surface area (Å²) in [4.78, 5) is 61.0. The van der Waals surface area contributed by atoms with Crippen LogP contribution >= 0.6 is 0 Å². The van der Waals surface area contributed by atoms with Crippen molar-refractivity contribution >= 4 is 29.5 Å². The van der Waals surface area contributed by atoms with Crippen LogP contribution in [-0.4, -0.2) is 66.7 Å². The van der Waals surface area contributed by atoms with Gasteiger partial charge in [-0.2, -0.15) is 0 Å². The zero-order chi connectivity index (χ0) is 22.1. The standard InChI is InChI=1S/C19H24N5O6/c20-14(26)9-21-18(29)13-7-4-8-24(13)16(28)10-22-19(30)17(23-15(27)11-25)12-5-2-1-3-6-12/h1-3,5-6,13,17H,4,7-11H2,(H2,20,26)(H,21,29)(H,22,30)(H,23,27)/t13?,17-/m1/s1. The van der Waals surface area contributed by atoms with Crippen LogP contribution in [0.4, 0.5) is 0 Å². The van der Waals surface area contributed by atoms with Gasteiger partial charge in [0.05, 0.1) is 13.1 Å². The van der Waals surface area contributed by atoms with Crippen molar-refractivity contribution in [1.82, 2.24) is 20.9 Å². The first-order valence-electron chi connectivity index (χ1n) is 9.39. The van der Waals surface area contributed by atoms with E-state index in [9.17, 15) is 29.1 Å². The van der Waals surface area contributed by atoms with E-state index in [1.165, 1.54) is 4.90 Å². The Kier molecular flexibility index (Phi) is 8.29. The topological polar surface area (TPSA) is 171 Å². The molecule has 0 bridgehead atoms. The fraction of sp³-hybridized carbons (Fsp3) is 0.421. The van der Waals surface area contributed by atoms with Crippen molar-refractivity contribution in [3.05, 3.63) is 35.9 Å². The molecule has 11 heteroatoms. The Hall–Kier alpha value is -3.47. The Morgan fingerprint density at radius 3 is 2.40 bits per heavy atom. The Bertz CT molecular complexity index is 800. The van der Waals surface area contributed by atoms with Gasteiger partial charge in [0.25, 0.3) is 0 Å². The molecule has 0 aliphatic carbocycles. The van der Waals surface area contributed by atoms with Crippen molar-refractivity contribution in [2.75, 3.05) is 26.2 Å². The van der Waals surface area contributed by atoms with Crippen LogP contribution in [0, 0.1) is 0 Å². The molecule has 1 aromatic carbocycles. The number of amides is 5. The normalized spacial score (nSPS) is 16.4. The van der Waals surface area contributed by atoms with Gasteiger partial charge in [-0.1, -0.05) is 30.3 Å². The molecule has 2 rings (SSSR count). The highest BCUT2D eigenvalue weighted by atomic mass is 16.3. The van der Waals surface area contributed by atoms with Crippen LogP contribution < -0.4 is 21.7 Å². The minimum Gasteiger partial charge on any atom is -0.368 e. The summed E-state index contributed by atoms with van der Waals surface area (Å²) < 4.78 is 0. The van der Waals surface area contributed by atoms with Crippen molar-refractivity contribution in [1.29, 1.82) is 0 Å². The third-order valence-corrected chi connectivity index (χ3v) is 4.56. The summed E-state index contributed by atoms with van der Waals surface area (Å²) in [6.07, 6.45) is 1.02. The second kappa shape index (κ2) is 10.9. The molecule has 1 fully saturated rings. The number of rotatable bonds is 9. The number of likely N-dealkylation sites (tertiary alicyclic amines) is 1. The van der Waals surface area contributed by atoms with Gasteiger partial charge in [-0.15, -0.1) is 0 Å². The molecule has 0 aromatic heterocycles. The number of nitrogens with one attached hydrogen (secondary N) is 3. The first-order chi connectivity index (χ1) is 14.3. The highest BCUT2D eigenvalue weighted by Gasteiger charge is 2.34. The SMILES string of the molecule is NC(=O)CNC(=O)C1CCCN1C(=O)CNC(=O)[C@H](NC(=O)C[O])c1ccccc1. The van der Waals surface area contributed by atoms with E-state index in [4.69, 9.17) is 5.73 Å². The summed E-state index contributed by atoms with van der Waals surface area (Å²) >= 11 is 0. The average Bonchev–Trinajstić information content (AvgIpc) is 3.24. The average molecular weight is 418 g/mol. The van der Waals surface area contributed by atoms with Gasteiger partial charge in [-0.3, -0.25) is 24.0 Å². The summed E-state index contributed by atoms with van der Waals surface area (Å²) in [6, 6.07) is 6.40. The fourth-order valence-corrected chi connectivity index (χ4v) is 3.14. The van der Waals surface area contributed by atoms with Gasteiger partial charge in [-0.05, 0) is 18.4 Å². The number of carbonyl (C=O) groups is 5. The predicted molar refractivity (Wildman–Crippen MR) is 103 cm³/mol. The molecule has 5 N–H and O–H groups in total. The minimum absolute atomic E-state index is 0.327. The first kappa shape index (κ1) is 22.8. The van der Waals surface area contributed by atoms with Gasteiger partial charge in [0, 0.05) is 6.54 Å². The largest absolute Gasteiger partial charge is 0.368 e. The summed E-state index contributed by atoms with van der Waals surface area (Å²) in [6.45, 7) is -1.43. The van der Waals surface area contributed by atoms with E-state index in [-0.39, 0.29) is 6.54 Å². The Morgan fingerprint density at radius 2 is 1.77 bits per heavy atom. The molecule has 1 heterocycles. The molecule has 1 aliphatic heterocycles. The van der Waals surface area contributed by atoms with Crippen LogP contribution in [0.1, 0.15) is 24.4 Å². The third-order valence-electron chi connectivity index (χ3n) is 4.56. The Balaban J connectivity index is 1.98. The molecule has 1 aromatic rings. The smallest absolute Gasteiger partial charge is 0.250 e. The van der Waals surface area contributed by atoms with Gasteiger partial charge in [0.1, 0.15) is 12.1 Å². The Labute approximate surface area is 173 Å². The van der Waals surface area contributed by atoms with Crippen LogP contribution in [0.25, 0.3) is 0 Å². The van der Waals surface area contributed by atoms with Gasteiger partial charge < -0.3 is 26.6 Å². The van der Waals surface area contributed by atoms with Gasteiger partial charge in [0.2, 0.25) is 29.5 Å². The second-order valence-electron chi connectivity index (χ2n) is 6.70. The maximum Gasteiger partial charge on any atom is 0.250 e. The van der Waals surface area contributed by atoms with Crippen LogP contribution in [0.3, 0.4) is 0 Å². The molecular weight excluding hydrogens is 394 g/mol. The molecule has 0 spiro atoms. The number of nitrogens with two attached hydrogens (primary N) is 1. The lowest BCUT2D eigenvalue weighted by atomic mass is 10.1. The summed E-state index contributed by atoms with van der Waals surface area (Å²) in [7, 11) is 0. The predicted octanol–water partition coefficient (Wildman–Crippen LogP) is -2.02. The number of hydrogen-bond donors (Lipinski definition) is 4. The first-order valence-corrected chi connectivity index (χ1v) is 9.39. The van der Waals surface area contributed by atoms with E-state index < -0.39 is 54.8 Å². The lowest BCUT2D eigenvalue weighted by molar-refractivity contribution is -0.139. The molecule has 1 saturated heterocycles. The van der Waals surface area contributed by atoms with Crippen molar-refractivity contribution < 1.29 is 29.1 Å². The number of nitrogens with zero attached hydrogens (tertiary/aromatic N) is 1. The van der Waals surface area contributed by atoms with Gasteiger partial charge >= 0.3 is 0 Å². The van der Waals surface area contributed by atoms with E-state index >= 15 is 0 Å². The second-order valence-corrected chi connectivity index (χ2v) is 6.70. The molecule has 2 atom stereocenters. The quantitative estimate of drug-likeness (QED) is 0.362. The molecule has 161 valence electrons. The van der Waals surface area contributed by atoms with Gasteiger partial charge in [-0.25, -0.2) is 5.11 Å². The van der Waals surface area contributed by atoms with E-state index in [1.807, 2.05) is 0 Å². The number of hydrogen-bond acceptors (Lipinski definition) is 5. The monoisotopic (exact) mass is 418 g/mol. The molecule has 0 saturated carbocycles. The minimum atomic E-state index is -1.13. The maximum atomic E-state index is 12.6. The lowest BCUT2D eigenvalue weighted by Crippen LogP contribution is -2.51. The van der Waals surface area contributed by atoms with Gasteiger partial charge in [0.15, 0.2) is 6.61 Å². The van der Waals surface area contributed by atoms with Crippen molar-refractivity contribution in [2.45, 2.75) is 24.9 Å². The van der Waals surface area contributed by atoms with Crippen molar-refractivity contribution in [3.8, 4) is 0 Å². The maximum absolute atomic E-state index is 12.6. The van der Waals surface area contributed by atoms with E-state index in [0.29, 0.717) is 24.9 Å². The van der Waals surface area contributed by atoms with E-state index in [2.05, 4.69) is 16.0 Å². The van der Waals surface area contributed by atoms with E-state index in [0.717, 1.165) is 0 Å². The zero-order valence-corrected chi connectivity index (χ0v) is 16.3. The molecule has 1 aliphatic rings. The molecule has 1 radical (unpaired) electrons. The van der Waals surface area contributed by atoms with Crippen LogP contribution in [0.5, 0.6) is 0 Å².